The minimum atomic E-state index is 0.260. The summed E-state index contributed by atoms with van der Waals surface area (Å²) in [5.74, 6) is 0. The van der Waals surface area contributed by atoms with E-state index in [1.165, 1.54) is 5.56 Å². The van der Waals surface area contributed by atoms with Crippen molar-refractivity contribution in [2.45, 2.75) is 47.2 Å². The normalized spacial score (nSPS) is 12.0. The molecule has 0 radical (unpaired) electrons. The van der Waals surface area contributed by atoms with Crippen LogP contribution in [0.1, 0.15) is 40.2 Å². The van der Waals surface area contributed by atoms with Gasteiger partial charge in [-0.3, -0.25) is 0 Å². The van der Waals surface area contributed by atoms with Crippen molar-refractivity contribution in [2.75, 3.05) is 18.5 Å². The van der Waals surface area contributed by atoms with Crippen LogP contribution in [-0.2, 0) is 6.54 Å². The van der Waals surface area contributed by atoms with Crippen LogP contribution >= 0.6 is 11.6 Å². The molecule has 19 heavy (non-hydrogen) atoms. The Morgan fingerprint density at radius 3 is 2.37 bits per heavy atom. The first-order valence-electron chi connectivity index (χ1n) is 6.92. The predicted molar refractivity (Wildman–Crippen MR) is 86.2 cm³/mol. The fourth-order valence-electron chi connectivity index (χ4n) is 2.09. The van der Waals surface area contributed by atoms with Crippen LogP contribution in [0.2, 0.25) is 5.02 Å². The highest BCUT2D eigenvalue weighted by Crippen LogP contribution is 2.28. The molecule has 0 saturated heterocycles. The number of hydrogen-bond donors (Lipinski definition) is 1. The maximum atomic E-state index is 6.40. The van der Waals surface area contributed by atoms with Gasteiger partial charge in [0, 0.05) is 26.2 Å². The molecule has 2 nitrogen and oxygen atoms in total. The molecular weight excluding hydrogens is 256 g/mol. The van der Waals surface area contributed by atoms with Crippen LogP contribution in [0.25, 0.3) is 0 Å². The van der Waals surface area contributed by atoms with Gasteiger partial charge in [0.2, 0.25) is 0 Å². The molecule has 0 aliphatic rings. The molecule has 0 aliphatic carbocycles. The summed E-state index contributed by atoms with van der Waals surface area (Å²) in [5, 5.41) is 4.23. The Morgan fingerprint density at radius 1 is 1.26 bits per heavy atom. The summed E-state index contributed by atoms with van der Waals surface area (Å²) in [6.45, 7) is 12.8. The second-order valence-corrected chi connectivity index (χ2v) is 7.15. The van der Waals surface area contributed by atoms with Gasteiger partial charge in [-0.15, -0.1) is 0 Å². The number of nitrogens with zero attached hydrogens (tertiary/aromatic N) is 1. The Balaban J connectivity index is 2.76. The Hall–Kier alpha value is -0.730. The van der Waals surface area contributed by atoms with Gasteiger partial charge in [-0.25, -0.2) is 0 Å². The van der Waals surface area contributed by atoms with E-state index in [1.54, 1.807) is 0 Å². The maximum Gasteiger partial charge on any atom is 0.0642 e. The van der Waals surface area contributed by atoms with Crippen molar-refractivity contribution < 1.29 is 0 Å². The van der Waals surface area contributed by atoms with Crippen LogP contribution < -0.4 is 10.2 Å². The van der Waals surface area contributed by atoms with E-state index in [1.807, 2.05) is 0 Å². The smallest absolute Gasteiger partial charge is 0.0642 e. The number of halogens is 1. The molecule has 0 heterocycles. The largest absolute Gasteiger partial charge is 0.373 e. The molecule has 1 aromatic rings. The van der Waals surface area contributed by atoms with Gasteiger partial charge in [0.05, 0.1) is 10.7 Å². The molecule has 0 atom stereocenters. The summed E-state index contributed by atoms with van der Waals surface area (Å²) in [6, 6.07) is 6.81. The molecule has 0 spiro atoms. The Bertz CT molecular complexity index is 408. The third kappa shape index (κ3) is 5.84. The van der Waals surface area contributed by atoms with E-state index in [0.717, 1.165) is 23.8 Å². The van der Waals surface area contributed by atoms with Crippen LogP contribution in [0.3, 0.4) is 0 Å². The maximum absolute atomic E-state index is 6.40. The van der Waals surface area contributed by atoms with Crippen LogP contribution in [0.15, 0.2) is 18.2 Å². The molecular formula is C16H27ClN2. The molecule has 1 N–H and O–H groups in total. The second kappa shape index (κ2) is 6.62. The van der Waals surface area contributed by atoms with Gasteiger partial charge in [-0.1, -0.05) is 52.3 Å². The zero-order valence-electron chi connectivity index (χ0n) is 13.0. The van der Waals surface area contributed by atoms with Crippen molar-refractivity contribution in [3.05, 3.63) is 28.8 Å². The fourth-order valence-corrected chi connectivity index (χ4v) is 2.44. The summed E-state index contributed by atoms with van der Waals surface area (Å²) in [5.41, 5.74) is 2.59. The molecule has 3 heteroatoms. The molecule has 108 valence electrons. The highest BCUT2D eigenvalue weighted by atomic mass is 35.5. The van der Waals surface area contributed by atoms with Gasteiger partial charge in [0.25, 0.3) is 0 Å². The van der Waals surface area contributed by atoms with E-state index >= 15 is 0 Å². The number of rotatable bonds is 5. The average molecular weight is 283 g/mol. The van der Waals surface area contributed by atoms with Gasteiger partial charge in [-0.05, 0) is 23.1 Å². The zero-order chi connectivity index (χ0) is 14.6. The third-order valence-electron chi connectivity index (χ3n) is 2.85. The number of benzene rings is 1. The Kier molecular flexibility index (Phi) is 5.69. The summed E-state index contributed by atoms with van der Waals surface area (Å²) >= 11 is 6.40. The minimum Gasteiger partial charge on any atom is -0.373 e. The lowest BCUT2D eigenvalue weighted by Crippen LogP contribution is -2.29. The first kappa shape index (κ1) is 16.3. The minimum absolute atomic E-state index is 0.260. The Labute approximate surface area is 123 Å². The van der Waals surface area contributed by atoms with Crippen molar-refractivity contribution in [1.29, 1.82) is 0 Å². The standard InChI is InChI=1S/C16H27ClN2/c1-12(2)18-10-13-7-8-15(14(17)9-13)19(6)11-16(3,4)5/h7-9,12,18H,10-11H2,1-6H3. The molecule has 0 unspecified atom stereocenters. The molecule has 0 saturated carbocycles. The SMILES string of the molecule is CC(C)NCc1ccc(N(C)CC(C)(C)C)c(Cl)c1. The van der Waals surface area contributed by atoms with E-state index in [0.29, 0.717) is 6.04 Å². The summed E-state index contributed by atoms with van der Waals surface area (Å²) in [7, 11) is 2.10. The third-order valence-corrected chi connectivity index (χ3v) is 3.15. The van der Waals surface area contributed by atoms with Crippen molar-refractivity contribution in [3.63, 3.8) is 0 Å². The quantitative estimate of drug-likeness (QED) is 0.865. The lowest BCUT2D eigenvalue weighted by atomic mass is 9.96. The van der Waals surface area contributed by atoms with Gasteiger partial charge >= 0.3 is 0 Å². The molecule has 1 aromatic carbocycles. The van der Waals surface area contributed by atoms with Gasteiger partial charge in [0.15, 0.2) is 0 Å². The molecule has 0 fully saturated rings. The lowest BCUT2D eigenvalue weighted by Gasteiger charge is -2.29. The first-order chi connectivity index (χ1) is 8.69. The number of nitrogens with one attached hydrogen (secondary N) is 1. The molecule has 0 bridgehead atoms. The van der Waals surface area contributed by atoms with E-state index in [2.05, 4.69) is 70.1 Å². The van der Waals surface area contributed by atoms with Gasteiger partial charge in [-0.2, -0.15) is 0 Å². The van der Waals surface area contributed by atoms with Crippen LogP contribution in [0.5, 0.6) is 0 Å². The van der Waals surface area contributed by atoms with E-state index in [9.17, 15) is 0 Å². The van der Waals surface area contributed by atoms with Crippen molar-refractivity contribution in [3.8, 4) is 0 Å². The van der Waals surface area contributed by atoms with Crippen LogP contribution in [0, 0.1) is 5.41 Å². The number of anilines is 1. The second-order valence-electron chi connectivity index (χ2n) is 6.74. The molecule has 0 aliphatic heterocycles. The molecule has 0 aromatic heterocycles. The van der Waals surface area contributed by atoms with E-state index < -0.39 is 0 Å². The highest BCUT2D eigenvalue weighted by molar-refractivity contribution is 6.33. The first-order valence-corrected chi connectivity index (χ1v) is 7.30. The Morgan fingerprint density at radius 2 is 1.89 bits per heavy atom. The van der Waals surface area contributed by atoms with Crippen molar-refractivity contribution in [2.24, 2.45) is 5.41 Å². The van der Waals surface area contributed by atoms with E-state index in [4.69, 9.17) is 11.6 Å². The summed E-state index contributed by atoms with van der Waals surface area (Å²) in [6.07, 6.45) is 0. The van der Waals surface area contributed by atoms with E-state index in [-0.39, 0.29) is 5.41 Å². The lowest BCUT2D eigenvalue weighted by molar-refractivity contribution is 0.419. The van der Waals surface area contributed by atoms with Gasteiger partial charge < -0.3 is 10.2 Å². The topological polar surface area (TPSA) is 15.3 Å². The monoisotopic (exact) mass is 282 g/mol. The summed E-state index contributed by atoms with van der Waals surface area (Å²) < 4.78 is 0. The van der Waals surface area contributed by atoms with Crippen molar-refractivity contribution in [1.82, 2.24) is 5.32 Å². The molecule has 0 amide bonds. The van der Waals surface area contributed by atoms with Gasteiger partial charge in [0.1, 0.15) is 0 Å². The van der Waals surface area contributed by atoms with Crippen LogP contribution in [-0.4, -0.2) is 19.6 Å². The predicted octanol–water partition coefficient (Wildman–Crippen LogP) is 4.32. The van der Waals surface area contributed by atoms with Crippen LogP contribution in [0.4, 0.5) is 5.69 Å². The molecule has 1 rings (SSSR count). The summed E-state index contributed by atoms with van der Waals surface area (Å²) in [4.78, 5) is 2.22. The highest BCUT2D eigenvalue weighted by Gasteiger charge is 2.15. The average Bonchev–Trinajstić information content (AvgIpc) is 2.23. The fraction of sp³-hybridized carbons (Fsp3) is 0.625. The van der Waals surface area contributed by atoms with Crippen molar-refractivity contribution >= 4 is 17.3 Å². The zero-order valence-corrected chi connectivity index (χ0v) is 13.8. The number of hydrogen-bond acceptors (Lipinski definition) is 2.